The first-order valence-electron chi connectivity index (χ1n) is 14.0. The Morgan fingerprint density at radius 3 is 1.84 bits per heavy atom. The fourth-order valence-electron chi connectivity index (χ4n) is 5.69. The van der Waals surface area contributed by atoms with Crippen LogP contribution in [0.3, 0.4) is 0 Å². The predicted octanol–water partition coefficient (Wildman–Crippen LogP) is 5.87. The predicted molar refractivity (Wildman–Crippen MR) is 150 cm³/mol. The fourth-order valence-corrected chi connectivity index (χ4v) is 5.69. The molecule has 2 heterocycles. The van der Waals surface area contributed by atoms with Crippen LogP contribution in [0.1, 0.15) is 36.5 Å². The molecule has 5 rings (SSSR count). The van der Waals surface area contributed by atoms with Crippen molar-refractivity contribution in [3.63, 3.8) is 0 Å². The summed E-state index contributed by atoms with van der Waals surface area (Å²) in [5, 5.41) is 0. The second-order valence-electron chi connectivity index (χ2n) is 10.7. The Bertz CT molecular complexity index is 1060. The van der Waals surface area contributed by atoms with Gasteiger partial charge in [0.25, 0.3) is 0 Å². The quantitative estimate of drug-likeness (QED) is 0.302. The monoisotopic (exact) mass is 515 g/mol. The second kappa shape index (κ2) is 14.0. The average Bonchev–Trinajstić information content (AvgIpc) is 3.47. The minimum Gasteiger partial charge on any atom is -0.377 e. The highest BCUT2D eigenvalue weighted by Crippen LogP contribution is 2.31. The lowest BCUT2D eigenvalue weighted by Crippen LogP contribution is -2.62. The molecular formula is C33H41NO4. The van der Waals surface area contributed by atoms with E-state index >= 15 is 0 Å². The van der Waals surface area contributed by atoms with Crippen molar-refractivity contribution >= 4 is 0 Å². The lowest BCUT2D eigenvalue weighted by atomic mass is 9.87. The van der Waals surface area contributed by atoms with Gasteiger partial charge in [-0.2, -0.15) is 0 Å². The first-order chi connectivity index (χ1) is 18.8. The summed E-state index contributed by atoms with van der Waals surface area (Å²) in [5.41, 5.74) is 3.53. The van der Waals surface area contributed by atoms with E-state index in [4.69, 9.17) is 18.9 Å². The molecule has 0 N–H and O–H groups in total. The number of hydrogen-bond acceptors (Lipinski definition) is 5. The van der Waals surface area contributed by atoms with Crippen LogP contribution in [0.15, 0.2) is 91.0 Å². The van der Waals surface area contributed by atoms with Gasteiger partial charge in [-0.25, -0.2) is 0 Å². The van der Waals surface area contributed by atoms with Crippen LogP contribution in [0.4, 0.5) is 0 Å². The third-order valence-electron chi connectivity index (χ3n) is 7.69. The molecule has 0 saturated carbocycles. The van der Waals surface area contributed by atoms with E-state index in [9.17, 15) is 0 Å². The Kier molecular flexibility index (Phi) is 9.98. The molecule has 5 atom stereocenters. The maximum atomic E-state index is 6.76. The van der Waals surface area contributed by atoms with Crippen LogP contribution >= 0.6 is 0 Å². The maximum Gasteiger partial charge on any atom is 0.102 e. The van der Waals surface area contributed by atoms with Crippen LogP contribution in [-0.4, -0.2) is 55.6 Å². The van der Waals surface area contributed by atoms with Crippen molar-refractivity contribution in [2.75, 3.05) is 26.3 Å². The molecular weight excluding hydrogens is 474 g/mol. The number of nitrogens with zero attached hydrogens (tertiary/aromatic N) is 1. The first kappa shape index (κ1) is 27.0. The first-order valence-corrected chi connectivity index (χ1v) is 14.0. The van der Waals surface area contributed by atoms with Crippen molar-refractivity contribution in [3.8, 4) is 0 Å². The van der Waals surface area contributed by atoms with Crippen LogP contribution in [0, 0.1) is 5.92 Å². The number of benzene rings is 3. The zero-order chi connectivity index (χ0) is 26.0. The van der Waals surface area contributed by atoms with Crippen LogP contribution in [0.5, 0.6) is 0 Å². The lowest BCUT2D eigenvalue weighted by Gasteiger charge is -2.48. The van der Waals surface area contributed by atoms with Crippen molar-refractivity contribution in [2.24, 2.45) is 5.92 Å². The molecule has 0 radical (unpaired) electrons. The summed E-state index contributed by atoms with van der Waals surface area (Å²) in [7, 11) is 0. The fraction of sp³-hybridized carbons (Fsp3) is 0.455. The van der Waals surface area contributed by atoms with Crippen LogP contribution in [-0.2, 0) is 38.8 Å². The van der Waals surface area contributed by atoms with Gasteiger partial charge in [0.1, 0.15) is 6.10 Å². The summed E-state index contributed by atoms with van der Waals surface area (Å²) in [6, 6.07) is 31.3. The Morgan fingerprint density at radius 1 is 0.737 bits per heavy atom. The topological polar surface area (TPSA) is 40.2 Å². The molecule has 0 unspecified atom stereocenters. The van der Waals surface area contributed by atoms with Gasteiger partial charge in [-0.15, -0.1) is 0 Å². The Morgan fingerprint density at radius 2 is 1.29 bits per heavy atom. The standard InChI is InChI=1S/C33H41NO4/c1-26-20-34(21-30-18-11-19-36-30)31(25-35-22-27-12-5-2-6-13-27)33(38-24-29-16-9-4-10-17-29)32(26)37-23-28-14-7-3-8-15-28/h2-10,12-17,26,30-33H,11,18-25H2,1H3/t26-,30-,31+,32+,33+/m0/s1. The second-order valence-corrected chi connectivity index (χ2v) is 10.7. The number of hydrogen-bond donors (Lipinski definition) is 0. The van der Waals surface area contributed by atoms with Crippen molar-refractivity contribution in [2.45, 2.75) is 63.9 Å². The summed E-state index contributed by atoms with van der Waals surface area (Å²) < 4.78 is 25.8. The SMILES string of the molecule is C[C@H]1CN(C[C@@H]2CCCO2)[C@H](COCc2ccccc2)[C@@H](OCc2ccccc2)[C@@H]1OCc1ccccc1. The third-order valence-corrected chi connectivity index (χ3v) is 7.69. The molecule has 3 aromatic rings. The van der Waals surface area contributed by atoms with Gasteiger partial charge in [0.2, 0.25) is 0 Å². The number of rotatable bonds is 12. The van der Waals surface area contributed by atoms with Gasteiger partial charge in [-0.05, 0) is 35.4 Å². The zero-order valence-electron chi connectivity index (χ0n) is 22.5. The molecule has 38 heavy (non-hydrogen) atoms. The lowest BCUT2D eigenvalue weighted by molar-refractivity contribution is -0.179. The van der Waals surface area contributed by atoms with E-state index < -0.39 is 0 Å². The summed E-state index contributed by atoms with van der Waals surface area (Å²) in [5.74, 6) is 0.311. The smallest absolute Gasteiger partial charge is 0.102 e. The molecule has 3 aromatic carbocycles. The summed E-state index contributed by atoms with van der Waals surface area (Å²) in [6.45, 7) is 7.28. The Balaban J connectivity index is 1.35. The maximum absolute atomic E-state index is 6.76. The van der Waals surface area contributed by atoms with E-state index in [1.807, 2.05) is 18.2 Å². The molecule has 2 aliphatic heterocycles. The molecule has 0 bridgehead atoms. The van der Waals surface area contributed by atoms with Gasteiger partial charge in [0.05, 0.1) is 44.7 Å². The molecule has 0 amide bonds. The highest BCUT2D eigenvalue weighted by Gasteiger charge is 2.44. The highest BCUT2D eigenvalue weighted by atomic mass is 16.5. The van der Waals surface area contributed by atoms with Gasteiger partial charge < -0.3 is 18.9 Å². The van der Waals surface area contributed by atoms with Gasteiger partial charge in [-0.1, -0.05) is 97.9 Å². The molecule has 2 aliphatic rings. The van der Waals surface area contributed by atoms with Gasteiger partial charge in [-0.3, -0.25) is 4.90 Å². The van der Waals surface area contributed by atoms with Crippen molar-refractivity contribution in [1.29, 1.82) is 0 Å². The van der Waals surface area contributed by atoms with E-state index in [1.165, 1.54) is 16.7 Å². The van der Waals surface area contributed by atoms with Crippen molar-refractivity contribution < 1.29 is 18.9 Å². The summed E-state index contributed by atoms with van der Waals surface area (Å²) in [4.78, 5) is 2.55. The van der Waals surface area contributed by atoms with E-state index in [0.717, 1.165) is 32.5 Å². The molecule has 2 saturated heterocycles. The molecule has 2 fully saturated rings. The molecule has 0 spiro atoms. The summed E-state index contributed by atoms with van der Waals surface area (Å²) in [6.07, 6.45) is 2.37. The summed E-state index contributed by atoms with van der Waals surface area (Å²) >= 11 is 0. The molecule has 0 aliphatic carbocycles. The number of piperidine rings is 1. The molecule has 0 aromatic heterocycles. The van der Waals surface area contributed by atoms with E-state index in [-0.39, 0.29) is 24.4 Å². The average molecular weight is 516 g/mol. The van der Waals surface area contributed by atoms with Crippen LogP contribution in [0.2, 0.25) is 0 Å². The molecule has 5 nitrogen and oxygen atoms in total. The third kappa shape index (κ3) is 7.52. The Hall–Kier alpha value is -2.54. The number of likely N-dealkylation sites (tertiary alicyclic amines) is 1. The molecule has 202 valence electrons. The van der Waals surface area contributed by atoms with Gasteiger partial charge >= 0.3 is 0 Å². The van der Waals surface area contributed by atoms with E-state index in [2.05, 4.69) is 84.6 Å². The zero-order valence-corrected chi connectivity index (χ0v) is 22.5. The number of ether oxygens (including phenoxy) is 4. The van der Waals surface area contributed by atoms with E-state index in [0.29, 0.717) is 32.3 Å². The van der Waals surface area contributed by atoms with Crippen LogP contribution in [0.25, 0.3) is 0 Å². The van der Waals surface area contributed by atoms with Gasteiger partial charge in [0.15, 0.2) is 0 Å². The largest absolute Gasteiger partial charge is 0.377 e. The van der Waals surface area contributed by atoms with Crippen LogP contribution < -0.4 is 0 Å². The Labute approximate surface area is 227 Å². The highest BCUT2D eigenvalue weighted by molar-refractivity contribution is 5.15. The van der Waals surface area contributed by atoms with E-state index in [1.54, 1.807) is 0 Å². The normalized spacial score (nSPS) is 26.0. The molecule has 5 heteroatoms. The van der Waals surface area contributed by atoms with Crippen molar-refractivity contribution in [1.82, 2.24) is 4.90 Å². The van der Waals surface area contributed by atoms with Crippen molar-refractivity contribution in [3.05, 3.63) is 108 Å². The minimum atomic E-state index is -0.125. The van der Waals surface area contributed by atoms with Gasteiger partial charge in [0, 0.05) is 19.7 Å². The minimum absolute atomic E-state index is 0.0370.